The third-order valence-electron chi connectivity index (χ3n) is 4.18. The van der Waals surface area contributed by atoms with E-state index in [1.54, 1.807) is 19.9 Å². The second kappa shape index (κ2) is 5.13. The Morgan fingerprint density at radius 2 is 1.91 bits per heavy atom. The number of aliphatic carboxylic acids is 1. The van der Waals surface area contributed by atoms with Gasteiger partial charge in [0.25, 0.3) is 0 Å². The van der Waals surface area contributed by atoms with Crippen molar-refractivity contribution >= 4 is 16.0 Å². The van der Waals surface area contributed by atoms with Gasteiger partial charge in [-0.05, 0) is 24.5 Å². The van der Waals surface area contributed by atoms with Crippen molar-refractivity contribution in [3.63, 3.8) is 0 Å². The zero-order chi connectivity index (χ0) is 16.1. The van der Waals surface area contributed by atoms with E-state index in [1.165, 1.54) is 10.4 Å². The monoisotopic (exact) mass is 327 g/mol. The number of ether oxygens (including phenoxy) is 2. The van der Waals surface area contributed by atoms with E-state index in [0.29, 0.717) is 17.1 Å². The molecule has 0 bridgehead atoms. The van der Waals surface area contributed by atoms with Crippen LogP contribution in [0.25, 0.3) is 0 Å². The molecule has 0 aromatic heterocycles. The molecule has 120 valence electrons. The summed E-state index contributed by atoms with van der Waals surface area (Å²) in [5, 5.41) is 9.16. The van der Waals surface area contributed by atoms with Gasteiger partial charge in [0, 0.05) is 19.2 Å². The van der Waals surface area contributed by atoms with Crippen LogP contribution >= 0.6 is 0 Å². The second-order valence-corrected chi connectivity index (χ2v) is 7.62. The van der Waals surface area contributed by atoms with Gasteiger partial charge in [-0.25, -0.2) is 8.42 Å². The van der Waals surface area contributed by atoms with Crippen molar-refractivity contribution in [2.45, 2.75) is 18.7 Å². The van der Waals surface area contributed by atoms with Gasteiger partial charge < -0.3 is 14.6 Å². The summed E-state index contributed by atoms with van der Waals surface area (Å²) in [5.74, 6) is -0.945. The minimum absolute atomic E-state index is 0.00723. The van der Waals surface area contributed by atoms with Crippen LogP contribution in [0, 0.1) is 18.8 Å². The molecule has 2 aliphatic heterocycles. The number of hydrogen-bond acceptors (Lipinski definition) is 5. The number of sulfonamides is 1. The zero-order valence-electron chi connectivity index (χ0n) is 12.3. The number of hydrogen-bond donors (Lipinski definition) is 1. The average molecular weight is 327 g/mol. The molecular weight excluding hydrogens is 310 g/mol. The molecule has 0 radical (unpaired) electrons. The molecule has 0 spiro atoms. The van der Waals surface area contributed by atoms with Crippen molar-refractivity contribution in [1.29, 1.82) is 0 Å². The quantitative estimate of drug-likeness (QED) is 0.892. The number of aryl methyl sites for hydroxylation is 1. The van der Waals surface area contributed by atoms with Crippen LogP contribution in [0.1, 0.15) is 12.5 Å². The van der Waals surface area contributed by atoms with E-state index in [9.17, 15) is 13.2 Å². The van der Waals surface area contributed by atoms with E-state index in [1.807, 2.05) is 0 Å². The lowest BCUT2D eigenvalue weighted by atomic mass is 9.99. The highest BCUT2D eigenvalue weighted by Crippen LogP contribution is 2.38. The topological polar surface area (TPSA) is 93.1 Å². The summed E-state index contributed by atoms with van der Waals surface area (Å²) in [6.07, 6.45) is 0. The van der Waals surface area contributed by atoms with Crippen LogP contribution in [0.5, 0.6) is 11.5 Å². The Morgan fingerprint density at radius 1 is 1.27 bits per heavy atom. The standard InChI is InChI=1S/C14H17NO6S/c1-8-3-11-12(21-7-20-11)4-13(8)22(18,19)15-5-9(2)10(6-15)14(16)17/h3-4,9-10H,5-7H2,1-2H3,(H,16,17)/t9-,10-/m1/s1. The SMILES string of the molecule is Cc1cc2c(cc1S(=O)(=O)N1C[C@@H](C)[C@H](C(=O)O)C1)OCO2. The van der Waals surface area contributed by atoms with Crippen molar-refractivity contribution in [1.82, 2.24) is 4.31 Å². The third-order valence-corrected chi connectivity index (χ3v) is 6.16. The molecule has 0 amide bonds. The van der Waals surface area contributed by atoms with Crippen LogP contribution in [0.15, 0.2) is 17.0 Å². The number of fused-ring (bicyclic) bond motifs is 1. The molecule has 8 heteroatoms. The first-order valence-electron chi connectivity index (χ1n) is 6.94. The average Bonchev–Trinajstić information content (AvgIpc) is 3.03. The molecule has 1 N–H and O–H groups in total. The normalized spacial score (nSPS) is 24.6. The van der Waals surface area contributed by atoms with E-state index in [0.717, 1.165) is 0 Å². The number of carboxylic acids is 1. The van der Waals surface area contributed by atoms with Crippen molar-refractivity contribution in [2.75, 3.05) is 19.9 Å². The maximum Gasteiger partial charge on any atom is 0.308 e. The van der Waals surface area contributed by atoms with E-state index in [-0.39, 0.29) is 30.7 Å². The smallest absolute Gasteiger partial charge is 0.308 e. The van der Waals surface area contributed by atoms with Crippen molar-refractivity contribution in [2.24, 2.45) is 11.8 Å². The van der Waals surface area contributed by atoms with Crippen LogP contribution in [-0.2, 0) is 14.8 Å². The van der Waals surface area contributed by atoms with Crippen LogP contribution in [0.3, 0.4) is 0 Å². The van der Waals surface area contributed by atoms with Gasteiger partial charge in [0.1, 0.15) is 0 Å². The molecule has 3 rings (SSSR count). The number of benzene rings is 1. The minimum atomic E-state index is -3.76. The molecule has 22 heavy (non-hydrogen) atoms. The summed E-state index contributed by atoms with van der Waals surface area (Å²) >= 11 is 0. The van der Waals surface area contributed by atoms with Crippen LogP contribution in [0.2, 0.25) is 0 Å². The number of carboxylic acid groups (broad SMARTS) is 1. The van der Waals surface area contributed by atoms with Gasteiger partial charge in [0.2, 0.25) is 16.8 Å². The fourth-order valence-electron chi connectivity index (χ4n) is 2.88. The van der Waals surface area contributed by atoms with Gasteiger partial charge in [0.15, 0.2) is 11.5 Å². The van der Waals surface area contributed by atoms with Crippen LogP contribution < -0.4 is 9.47 Å². The van der Waals surface area contributed by atoms with E-state index in [2.05, 4.69) is 0 Å². The van der Waals surface area contributed by atoms with E-state index < -0.39 is 21.9 Å². The summed E-state index contributed by atoms with van der Waals surface area (Å²) in [7, 11) is -3.76. The van der Waals surface area contributed by atoms with E-state index in [4.69, 9.17) is 14.6 Å². The van der Waals surface area contributed by atoms with Gasteiger partial charge >= 0.3 is 5.97 Å². The van der Waals surface area contributed by atoms with Crippen LogP contribution in [0.4, 0.5) is 0 Å². The Labute approximate surface area is 128 Å². The Hall–Kier alpha value is -1.80. The van der Waals surface area contributed by atoms with E-state index >= 15 is 0 Å². The molecule has 2 aliphatic rings. The van der Waals surface area contributed by atoms with Gasteiger partial charge in [-0.15, -0.1) is 0 Å². The second-order valence-electron chi connectivity index (χ2n) is 5.72. The maximum absolute atomic E-state index is 12.8. The Morgan fingerprint density at radius 3 is 2.50 bits per heavy atom. The summed E-state index contributed by atoms with van der Waals surface area (Å²) in [5.41, 5.74) is 0.552. The zero-order valence-corrected chi connectivity index (χ0v) is 13.1. The largest absolute Gasteiger partial charge is 0.481 e. The predicted octanol–water partition coefficient (Wildman–Crippen LogP) is 1.06. The fourth-order valence-corrected chi connectivity index (χ4v) is 4.67. The lowest BCUT2D eigenvalue weighted by Crippen LogP contribution is -2.30. The molecule has 0 unspecified atom stereocenters. The highest BCUT2D eigenvalue weighted by molar-refractivity contribution is 7.89. The van der Waals surface area contributed by atoms with Gasteiger partial charge in [0.05, 0.1) is 10.8 Å². The summed E-state index contributed by atoms with van der Waals surface area (Å²) < 4.78 is 37.3. The molecule has 1 aromatic carbocycles. The third kappa shape index (κ3) is 2.32. The summed E-state index contributed by atoms with van der Waals surface area (Å²) in [6, 6.07) is 3.08. The maximum atomic E-state index is 12.8. The molecule has 2 atom stereocenters. The molecule has 0 aliphatic carbocycles. The minimum Gasteiger partial charge on any atom is -0.481 e. The van der Waals surface area contributed by atoms with Gasteiger partial charge in [-0.2, -0.15) is 4.31 Å². The molecule has 1 fully saturated rings. The molecule has 1 aromatic rings. The molecule has 7 nitrogen and oxygen atoms in total. The lowest BCUT2D eigenvalue weighted by Gasteiger charge is -2.18. The Kier molecular flexibility index (Phi) is 3.53. The fraction of sp³-hybridized carbons (Fsp3) is 0.500. The first kappa shape index (κ1) is 15.1. The Bertz CT molecular complexity index is 729. The first-order valence-corrected chi connectivity index (χ1v) is 8.38. The molecule has 2 heterocycles. The number of rotatable bonds is 3. The van der Waals surface area contributed by atoms with Gasteiger partial charge in [-0.3, -0.25) is 4.79 Å². The van der Waals surface area contributed by atoms with Crippen molar-refractivity contribution in [3.05, 3.63) is 17.7 Å². The highest BCUT2D eigenvalue weighted by Gasteiger charge is 2.41. The molecule has 1 saturated heterocycles. The summed E-state index contributed by atoms with van der Waals surface area (Å²) in [4.78, 5) is 11.3. The molecule has 0 saturated carbocycles. The lowest BCUT2D eigenvalue weighted by molar-refractivity contribution is -0.142. The van der Waals surface area contributed by atoms with Gasteiger partial charge in [-0.1, -0.05) is 6.92 Å². The predicted molar refractivity (Wildman–Crippen MR) is 76.4 cm³/mol. The first-order chi connectivity index (χ1) is 10.3. The number of carbonyl (C=O) groups is 1. The van der Waals surface area contributed by atoms with Crippen molar-refractivity contribution in [3.8, 4) is 11.5 Å². The Balaban J connectivity index is 1.96. The van der Waals surface area contributed by atoms with Crippen molar-refractivity contribution < 1.29 is 27.8 Å². The number of nitrogens with zero attached hydrogens (tertiary/aromatic N) is 1. The highest BCUT2D eigenvalue weighted by atomic mass is 32.2. The molecular formula is C14H17NO6S. The summed E-state index contributed by atoms with van der Waals surface area (Å²) in [6.45, 7) is 3.70. The van der Waals surface area contributed by atoms with Crippen LogP contribution in [-0.4, -0.2) is 43.7 Å².